The molecule has 2 saturated heterocycles. The van der Waals surface area contributed by atoms with E-state index in [0.717, 1.165) is 38.8 Å². The molecule has 4 N–H and O–H groups in total. The Balaban J connectivity index is 0.000000349. The first-order chi connectivity index (χ1) is 17.6. The molecule has 0 amide bonds. The number of pyridine rings is 1. The van der Waals surface area contributed by atoms with Gasteiger partial charge in [0.05, 0.1) is 18.0 Å². The van der Waals surface area contributed by atoms with E-state index in [2.05, 4.69) is 5.32 Å². The molecule has 1 aromatic carbocycles. The van der Waals surface area contributed by atoms with Gasteiger partial charge in [-0.2, -0.15) is 0 Å². The molecule has 5 rings (SSSR count). The molecule has 0 bridgehead atoms. The Kier molecular flexibility index (Phi) is 7.48. The normalized spacial score (nSPS) is 20.9. The lowest BCUT2D eigenvalue weighted by molar-refractivity contribution is -0.134. The zero-order valence-corrected chi connectivity index (χ0v) is 20.1. The first-order valence-electron chi connectivity index (χ1n) is 11.9. The van der Waals surface area contributed by atoms with E-state index < -0.39 is 29.2 Å². The minimum atomic E-state index is -1.30. The molecule has 0 unspecified atom stereocenters. The standard InChI is InChI=1S/C21H24FN3O4.C4H4O4/c1-29-20-17-13(19(26)14(21(27)28)9-25(17)12-4-5-12)7-15(22)18(20)24-8-11-3-2-6-23-16(11)10-24;5-3(6)1-2-4(7)8/h7,9,11-12,16,23H,2-6,8,10H2,1H3,(H,27,28);1-2H,(H,5,6)(H,7,8)/t11-,16+;/m0./s1. The summed E-state index contributed by atoms with van der Waals surface area (Å²) in [6.45, 7) is 2.40. The number of nitrogens with one attached hydrogen (secondary N) is 1. The van der Waals surface area contributed by atoms with E-state index >= 15 is 4.39 Å². The van der Waals surface area contributed by atoms with Crippen LogP contribution in [0.2, 0.25) is 0 Å². The van der Waals surface area contributed by atoms with Crippen molar-refractivity contribution in [2.75, 3.05) is 31.6 Å². The second-order valence-electron chi connectivity index (χ2n) is 9.33. The number of carbonyl (C=O) groups is 3. The number of aromatic nitrogens is 1. The molecule has 2 aromatic rings. The zero-order valence-electron chi connectivity index (χ0n) is 20.1. The van der Waals surface area contributed by atoms with Crippen LogP contribution in [-0.4, -0.2) is 70.6 Å². The summed E-state index contributed by atoms with van der Waals surface area (Å²) in [6.07, 6.45) is 6.52. The number of halogens is 1. The lowest BCUT2D eigenvalue weighted by Crippen LogP contribution is -2.40. The number of carboxylic acid groups (broad SMARTS) is 3. The van der Waals surface area contributed by atoms with E-state index in [-0.39, 0.29) is 17.0 Å². The Bertz CT molecular complexity index is 1300. The van der Waals surface area contributed by atoms with Crippen molar-refractivity contribution < 1.29 is 38.8 Å². The van der Waals surface area contributed by atoms with Gasteiger partial charge < -0.3 is 34.8 Å². The largest absolute Gasteiger partial charge is 0.492 e. The highest BCUT2D eigenvalue weighted by atomic mass is 19.1. The van der Waals surface area contributed by atoms with Crippen LogP contribution in [0.15, 0.2) is 29.2 Å². The molecule has 3 aliphatic rings. The van der Waals surface area contributed by atoms with Crippen molar-refractivity contribution >= 4 is 34.5 Å². The van der Waals surface area contributed by atoms with E-state index in [0.29, 0.717) is 47.6 Å². The van der Waals surface area contributed by atoms with Crippen molar-refractivity contribution in [3.05, 3.63) is 46.0 Å². The minimum Gasteiger partial charge on any atom is -0.492 e. The lowest BCUT2D eigenvalue weighted by Gasteiger charge is -2.25. The minimum absolute atomic E-state index is 0.0599. The van der Waals surface area contributed by atoms with Gasteiger partial charge in [0.15, 0.2) is 11.6 Å². The number of nitrogens with zero attached hydrogens (tertiary/aromatic N) is 2. The van der Waals surface area contributed by atoms with Gasteiger partial charge in [0, 0.05) is 43.5 Å². The molecular formula is C25H28FN3O8. The van der Waals surface area contributed by atoms with E-state index in [9.17, 15) is 24.3 Å². The van der Waals surface area contributed by atoms with Gasteiger partial charge in [-0.05, 0) is 44.2 Å². The molecule has 3 fully saturated rings. The molecule has 0 radical (unpaired) electrons. The smallest absolute Gasteiger partial charge is 0.341 e. The summed E-state index contributed by atoms with van der Waals surface area (Å²) in [6, 6.07) is 1.62. The van der Waals surface area contributed by atoms with Crippen LogP contribution < -0.4 is 20.4 Å². The Morgan fingerprint density at radius 1 is 1.11 bits per heavy atom. The predicted molar refractivity (Wildman–Crippen MR) is 131 cm³/mol. The van der Waals surface area contributed by atoms with Crippen molar-refractivity contribution in [3.63, 3.8) is 0 Å². The highest BCUT2D eigenvalue weighted by Crippen LogP contribution is 2.45. The molecule has 0 spiro atoms. The van der Waals surface area contributed by atoms with Crippen LogP contribution in [0.25, 0.3) is 10.9 Å². The van der Waals surface area contributed by atoms with Gasteiger partial charge in [0.2, 0.25) is 5.43 Å². The molecule has 1 aliphatic carbocycles. The number of hydrogen-bond donors (Lipinski definition) is 4. The SMILES string of the molecule is COc1c(N2C[C@@H]3CCCN[C@@H]3C2)c(F)cc2c(=O)c(C(=O)O)cn(C3CC3)c12.O=C(O)C=CC(=O)O. The summed E-state index contributed by atoms with van der Waals surface area (Å²) in [5.74, 6) is -3.58. The van der Waals surface area contributed by atoms with Crippen LogP contribution >= 0.6 is 0 Å². The fourth-order valence-corrected chi connectivity index (χ4v) is 5.10. The van der Waals surface area contributed by atoms with E-state index in [1.54, 1.807) is 4.57 Å². The third kappa shape index (κ3) is 5.43. The molecule has 3 heterocycles. The third-order valence-corrected chi connectivity index (χ3v) is 6.86. The maximum absolute atomic E-state index is 15.3. The van der Waals surface area contributed by atoms with Crippen LogP contribution in [0.3, 0.4) is 0 Å². The van der Waals surface area contributed by atoms with Crippen LogP contribution in [0.5, 0.6) is 5.75 Å². The Hall–Kier alpha value is -3.93. The monoisotopic (exact) mass is 517 g/mol. The van der Waals surface area contributed by atoms with Crippen molar-refractivity contribution in [2.24, 2.45) is 5.92 Å². The molecule has 12 heteroatoms. The van der Waals surface area contributed by atoms with Crippen LogP contribution in [0.4, 0.5) is 10.1 Å². The van der Waals surface area contributed by atoms with Crippen molar-refractivity contribution in [3.8, 4) is 5.75 Å². The summed E-state index contributed by atoms with van der Waals surface area (Å²) in [5.41, 5.74) is -0.155. The number of fused-ring (bicyclic) bond motifs is 2. The quantitative estimate of drug-likeness (QED) is 0.418. The Morgan fingerprint density at radius 2 is 1.78 bits per heavy atom. The Morgan fingerprint density at radius 3 is 2.32 bits per heavy atom. The molecular weight excluding hydrogens is 489 g/mol. The second kappa shape index (κ2) is 10.6. The summed E-state index contributed by atoms with van der Waals surface area (Å²) >= 11 is 0. The van der Waals surface area contributed by atoms with Crippen LogP contribution in [0.1, 0.15) is 42.1 Å². The highest BCUT2D eigenvalue weighted by molar-refractivity contribution is 5.97. The van der Waals surface area contributed by atoms with Crippen LogP contribution in [0, 0.1) is 11.7 Å². The lowest BCUT2D eigenvalue weighted by atomic mass is 9.94. The highest BCUT2D eigenvalue weighted by Gasteiger charge is 2.38. The maximum atomic E-state index is 15.3. The third-order valence-electron chi connectivity index (χ3n) is 6.86. The van der Waals surface area contributed by atoms with E-state index in [1.165, 1.54) is 19.4 Å². The van der Waals surface area contributed by atoms with Gasteiger partial charge in [-0.15, -0.1) is 0 Å². The molecule has 2 atom stereocenters. The molecule has 2 aliphatic heterocycles. The first kappa shape index (κ1) is 26.1. The number of carboxylic acids is 3. The van der Waals surface area contributed by atoms with Gasteiger partial charge in [-0.25, -0.2) is 18.8 Å². The predicted octanol–water partition coefficient (Wildman–Crippen LogP) is 2.08. The van der Waals surface area contributed by atoms with E-state index in [1.807, 2.05) is 4.90 Å². The van der Waals surface area contributed by atoms with Crippen molar-refractivity contribution in [2.45, 2.75) is 37.8 Å². The topological polar surface area (TPSA) is 158 Å². The average molecular weight is 518 g/mol. The number of aliphatic carboxylic acids is 2. The van der Waals surface area contributed by atoms with Crippen molar-refractivity contribution in [1.29, 1.82) is 0 Å². The summed E-state index contributed by atoms with van der Waals surface area (Å²) < 4.78 is 22.8. The molecule has 1 saturated carbocycles. The zero-order chi connectivity index (χ0) is 26.9. The number of hydrogen-bond acceptors (Lipinski definition) is 7. The molecule has 11 nitrogen and oxygen atoms in total. The average Bonchev–Trinajstić information content (AvgIpc) is 3.60. The van der Waals surface area contributed by atoms with Gasteiger partial charge in [-0.1, -0.05) is 0 Å². The van der Waals surface area contributed by atoms with Gasteiger partial charge in [0.1, 0.15) is 11.3 Å². The number of methoxy groups -OCH3 is 1. The fraction of sp³-hybridized carbons (Fsp3) is 0.440. The number of benzene rings is 1. The second-order valence-corrected chi connectivity index (χ2v) is 9.33. The maximum Gasteiger partial charge on any atom is 0.341 e. The Labute approximate surface area is 210 Å². The van der Waals surface area contributed by atoms with Gasteiger partial charge in [0.25, 0.3) is 0 Å². The number of ether oxygens (including phenoxy) is 1. The molecule has 198 valence electrons. The first-order valence-corrected chi connectivity index (χ1v) is 11.9. The van der Waals surface area contributed by atoms with Gasteiger partial charge in [-0.3, -0.25) is 4.79 Å². The van der Waals surface area contributed by atoms with Crippen molar-refractivity contribution in [1.82, 2.24) is 9.88 Å². The van der Waals surface area contributed by atoms with Crippen LogP contribution in [-0.2, 0) is 9.59 Å². The number of rotatable bonds is 6. The molecule has 37 heavy (non-hydrogen) atoms. The van der Waals surface area contributed by atoms with Gasteiger partial charge >= 0.3 is 17.9 Å². The summed E-state index contributed by atoms with van der Waals surface area (Å²) in [4.78, 5) is 45.5. The number of anilines is 1. The summed E-state index contributed by atoms with van der Waals surface area (Å²) in [7, 11) is 1.48. The number of piperidine rings is 1. The fourth-order valence-electron chi connectivity index (χ4n) is 5.10. The summed E-state index contributed by atoms with van der Waals surface area (Å²) in [5, 5.41) is 28.6. The van der Waals surface area contributed by atoms with E-state index in [4.69, 9.17) is 14.9 Å². The number of aromatic carboxylic acids is 1. The molecule has 1 aromatic heterocycles.